The molecule has 114 valence electrons. The third-order valence-corrected chi connectivity index (χ3v) is 2.82. The van der Waals surface area contributed by atoms with Gasteiger partial charge in [0.15, 0.2) is 0 Å². The van der Waals surface area contributed by atoms with Crippen LogP contribution in [-0.4, -0.2) is 29.6 Å². The van der Waals surface area contributed by atoms with Crippen LogP contribution in [0.15, 0.2) is 43.0 Å². The van der Waals surface area contributed by atoms with Gasteiger partial charge in [-0.15, -0.1) is 6.58 Å². The summed E-state index contributed by atoms with van der Waals surface area (Å²) >= 11 is 0. The van der Waals surface area contributed by atoms with Gasteiger partial charge in [0.05, 0.1) is 12.7 Å². The fourth-order valence-corrected chi connectivity index (χ4v) is 1.86. The molecule has 0 amide bonds. The van der Waals surface area contributed by atoms with Gasteiger partial charge in [-0.25, -0.2) is 9.78 Å². The van der Waals surface area contributed by atoms with Crippen LogP contribution < -0.4 is 10.6 Å². The van der Waals surface area contributed by atoms with Crippen molar-refractivity contribution in [1.82, 2.24) is 9.97 Å². The molecule has 6 nitrogen and oxygen atoms in total. The van der Waals surface area contributed by atoms with Crippen LogP contribution in [-0.2, 0) is 4.74 Å². The summed E-state index contributed by atoms with van der Waals surface area (Å²) in [5, 5.41) is 6.20. The van der Waals surface area contributed by atoms with Crippen LogP contribution in [0.3, 0.4) is 0 Å². The van der Waals surface area contributed by atoms with Crippen molar-refractivity contribution in [2.75, 3.05) is 24.3 Å². The fraction of sp³-hybridized carbons (Fsp3) is 0.188. The van der Waals surface area contributed by atoms with Gasteiger partial charge in [-0.1, -0.05) is 12.1 Å². The molecule has 0 aliphatic rings. The molecule has 0 bridgehead atoms. The number of rotatable bonds is 6. The normalized spacial score (nSPS) is 9.91. The predicted molar refractivity (Wildman–Crippen MR) is 86.5 cm³/mol. The molecule has 0 radical (unpaired) electrons. The number of methoxy groups -OCH3 is 1. The largest absolute Gasteiger partial charge is 0.465 e. The molecule has 2 rings (SSSR count). The maximum atomic E-state index is 11.5. The minimum Gasteiger partial charge on any atom is -0.465 e. The third-order valence-electron chi connectivity index (χ3n) is 2.82. The number of ether oxygens (including phenoxy) is 1. The van der Waals surface area contributed by atoms with Crippen molar-refractivity contribution in [2.45, 2.75) is 6.92 Å². The summed E-state index contributed by atoms with van der Waals surface area (Å²) < 4.78 is 4.71. The van der Waals surface area contributed by atoms with E-state index in [2.05, 4.69) is 27.2 Å². The van der Waals surface area contributed by atoms with E-state index in [0.717, 1.165) is 5.69 Å². The van der Waals surface area contributed by atoms with Gasteiger partial charge in [0.25, 0.3) is 0 Å². The lowest BCUT2D eigenvalue weighted by Crippen LogP contribution is -2.06. The quantitative estimate of drug-likeness (QED) is 0.631. The number of nitrogens with zero attached hydrogens (tertiary/aromatic N) is 2. The van der Waals surface area contributed by atoms with E-state index in [-0.39, 0.29) is 5.97 Å². The number of aryl methyl sites for hydroxylation is 1. The van der Waals surface area contributed by atoms with Gasteiger partial charge in [0, 0.05) is 24.0 Å². The highest BCUT2D eigenvalue weighted by Gasteiger charge is 2.07. The highest BCUT2D eigenvalue weighted by Crippen LogP contribution is 2.17. The van der Waals surface area contributed by atoms with Crippen LogP contribution in [0, 0.1) is 6.92 Å². The molecule has 0 unspecified atom stereocenters. The molecule has 0 saturated carbocycles. The van der Waals surface area contributed by atoms with Crippen molar-refractivity contribution in [2.24, 2.45) is 0 Å². The second kappa shape index (κ2) is 7.21. The van der Waals surface area contributed by atoms with Gasteiger partial charge in [-0.2, -0.15) is 4.98 Å². The Morgan fingerprint density at radius 1 is 1.36 bits per heavy atom. The molecule has 1 aromatic heterocycles. The van der Waals surface area contributed by atoms with Crippen molar-refractivity contribution in [3.05, 3.63) is 54.2 Å². The number of nitrogens with one attached hydrogen (secondary N) is 2. The maximum Gasteiger partial charge on any atom is 0.337 e. The van der Waals surface area contributed by atoms with Gasteiger partial charge < -0.3 is 15.4 Å². The predicted octanol–water partition coefficient (Wildman–Crippen LogP) is 2.91. The summed E-state index contributed by atoms with van der Waals surface area (Å²) in [6, 6.07) is 8.81. The number of hydrogen-bond donors (Lipinski definition) is 2. The molecule has 2 aromatic rings. The zero-order chi connectivity index (χ0) is 15.9. The van der Waals surface area contributed by atoms with E-state index in [1.165, 1.54) is 7.11 Å². The van der Waals surface area contributed by atoms with Crippen LogP contribution in [0.4, 0.5) is 17.5 Å². The summed E-state index contributed by atoms with van der Waals surface area (Å²) in [6.07, 6.45) is 1.75. The first kappa shape index (κ1) is 15.5. The van der Waals surface area contributed by atoms with E-state index >= 15 is 0 Å². The SMILES string of the molecule is C=CCNc1cc(C)nc(Nc2cccc(C(=O)OC)c2)n1. The molecular weight excluding hydrogens is 280 g/mol. The fourth-order valence-electron chi connectivity index (χ4n) is 1.86. The molecule has 0 atom stereocenters. The Hall–Kier alpha value is -2.89. The Morgan fingerprint density at radius 2 is 2.18 bits per heavy atom. The zero-order valence-electron chi connectivity index (χ0n) is 12.6. The Labute approximate surface area is 129 Å². The van der Waals surface area contributed by atoms with E-state index in [1.807, 2.05) is 19.1 Å². The van der Waals surface area contributed by atoms with E-state index in [4.69, 9.17) is 4.74 Å². The van der Waals surface area contributed by atoms with E-state index < -0.39 is 0 Å². The van der Waals surface area contributed by atoms with Gasteiger partial charge in [0.1, 0.15) is 5.82 Å². The summed E-state index contributed by atoms with van der Waals surface area (Å²) in [7, 11) is 1.35. The standard InChI is InChI=1S/C16H18N4O2/c1-4-8-17-14-9-11(2)18-16(20-14)19-13-7-5-6-12(10-13)15(21)22-3/h4-7,9-10H,1,8H2,2-3H3,(H2,17,18,19,20). The first-order valence-corrected chi connectivity index (χ1v) is 6.78. The van der Waals surface area contributed by atoms with Crippen LogP contribution in [0.5, 0.6) is 0 Å². The topological polar surface area (TPSA) is 76.1 Å². The molecular formula is C16H18N4O2. The molecule has 6 heteroatoms. The Kier molecular flexibility index (Phi) is 5.08. The second-order valence-electron chi connectivity index (χ2n) is 4.59. The molecule has 1 aromatic carbocycles. The monoisotopic (exact) mass is 298 g/mol. The zero-order valence-corrected chi connectivity index (χ0v) is 12.6. The summed E-state index contributed by atoms with van der Waals surface area (Å²) in [5.41, 5.74) is 2.00. The summed E-state index contributed by atoms with van der Waals surface area (Å²) in [6.45, 7) is 6.16. The van der Waals surface area contributed by atoms with E-state index in [0.29, 0.717) is 29.6 Å². The lowest BCUT2D eigenvalue weighted by Gasteiger charge is -2.09. The Balaban J connectivity index is 2.21. The molecule has 22 heavy (non-hydrogen) atoms. The molecule has 0 aliphatic heterocycles. The summed E-state index contributed by atoms with van der Waals surface area (Å²) in [5.74, 6) is 0.773. The van der Waals surface area contributed by atoms with Crippen molar-refractivity contribution < 1.29 is 9.53 Å². The number of carbonyl (C=O) groups is 1. The van der Waals surface area contributed by atoms with Crippen LogP contribution >= 0.6 is 0 Å². The smallest absolute Gasteiger partial charge is 0.337 e. The minimum absolute atomic E-state index is 0.387. The average molecular weight is 298 g/mol. The number of aromatic nitrogens is 2. The minimum atomic E-state index is -0.387. The first-order valence-electron chi connectivity index (χ1n) is 6.78. The molecule has 1 heterocycles. The first-order chi connectivity index (χ1) is 10.6. The van der Waals surface area contributed by atoms with Gasteiger partial charge in [0.2, 0.25) is 5.95 Å². The molecule has 0 aliphatic carbocycles. The van der Waals surface area contributed by atoms with Crippen molar-refractivity contribution in [1.29, 1.82) is 0 Å². The molecule has 0 fully saturated rings. The number of esters is 1. The van der Waals surface area contributed by atoms with Crippen molar-refractivity contribution in [3.63, 3.8) is 0 Å². The Bertz CT molecular complexity index is 686. The van der Waals surface area contributed by atoms with E-state index in [1.54, 1.807) is 24.3 Å². The van der Waals surface area contributed by atoms with Gasteiger partial charge in [-0.05, 0) is 25.1 Å². The lowest BCUT2D eigenvalue weighted by molar-refractivity contribution is 0.0601. The van der Waals surface area contributed by atoms with Crippen LogP contribution in [0.1, 0.15) is 16.1 Å². The molecule has 0 saturated heterocycles. The Morgan fingerprint density at radius 3 is 2.91 bits per heavy atom. The molecule has 2 N–H and O–H groups in total. The van der Waals surface area contributed by atoms with Gasteiger partial charge >= 0.3 is 5.97 Å². The number of hydrogen-bond acceptors (Lipinski definition) is 6. The third kappa shape index (κ3) is 4.05. The van der Waals surface area contributed by atoms with Crippen LogP contribution in [0.25, 0.3) is 0 Å². The maximum absolute atomic E-state index is 11.5. The second-order valence-corrected chi connectivity index (χ2v) is 4.59. The molecule has 0 spiro atoms. The average Bonchev–Trinajstić information content (AvgIpc) is 2.52. The van der Waals surface area contributed by atoms with E-state index in [9.17, 15) is 4.79 Å². The highest BCUT2D eigenvalue weighted by molar-refractivity contribution is 5.90. The number of anilines is 3. The van der Waals surface area contributed by atoms with Gasteiger partial charge in [-0.3, -0.25) is 0 Å². The number of benzene rings is 1. The van der Waals surface area contributed by atoms with Crippen molar-refractivity contribution >= 4 is 23.4 Å². The van der Waals surface area contributed by atoms with Crippen LogP contribution in [0.2, 0.25) is 0 Å². The van der Waals surface area contributed by atoms with Crippen molar-refractivity contribution in [3.8, 4) is 0 Å². The summed E-state index contributed by atoms with van der Waals surface area (Å²) in [4.78, 5) is 20.2. The highest BCUT2D eigenvalue weighted by atomic mass is 16.5. The number of carbonyl (C=O) groups excluding carboxylic acids is 1. The lowest BCUT2D eigenvalue weighted by atomic mass is 10.2.